The Hall–Kier alpha value is -3.80. The fourth-order valence-corrected chi connectivity index (χ4v) is 3.18. The molecule has 6 heteroatoms. The summed E-state index contributed by atoms with van der Waals surface area (Å²) < 4.78 is 38.7. The lowest BCUT2D eigenvalue weighted by molar-refractivity contribution is -0.137. The first kappa shape index (κ1) is 19.5. The third kappa shape index (κ3) is 4.12. The highest BCUT2D eigenvalue weighted by Crippen LogP contribution is 2.34. The van der Waals surface area contributed by atoms with Gasteiger partial charge in [0.05, 0.1) is 17.0 Å². The summed E-state index contributed by atoms with van der Waals surface area (Å²) >= 11 is 0. The second kappa shape index (κ2) is 7.55. The molecule has 0 saturated heterocycles. The van der Waals surface area contributed by atoms with Crippen LogP contribution in [-0.2, 0) is 6.18 Å². The third-order valence-electron chi connectivity index (χ3n) is 4.65. The van der Waals surface area contributed by atoms with Gasteiger partial charge in [-0.15, -0.1) is 0 Å². The number of aromatic hydroxyl groups is 2. The molecule has 0 aliphatic rings. The molecule has 0 spiro atoms. The fraction of sp³-hybridized carbons (Fsp3) is 0.0417. The Morgan fingerprint density at radius 1 is 0.567 bits per heavy atom. The average molecular weight is 407 g/mol. The maximum atomic E-state index is 12.9. The van der Waals surface area contributed by atoms with Crippen molar-refractivity contribution in [1.82, 2.24) is 4.98 Å². The normalized spacial score (nSPS) is 11.4. The van der Waals surface area contributed by atoms with Gasteiger partial charge in [-0.3, -0.25) is 0 Å². The van der Waals surface area contributed by atoms with Crippen molar-refractivity contribution in [3.8, 4) is 45.1 Å². The number of alkyl halides is 3. The fourth-order valence-electron chi connectivity index (χ4n) is 3.18. The van der Waals surface area contributed by atoms with Crippen LogP contribution < -0.4 is 0 Å². The van der Waals surface area contributed by atoms with Crippen LogP contribution in [0.3, 0.4) is 0 Å². The van der Waals surface area contributed by atoms with Crippen molar-refractivity contribution < 1.29 is 23.4 Å². The largest absolute Gasteiger partial charge is 0.508 e. The Balaban J connectivity index is 1.87. The molecule has 3 nitrogen and oxygen atoms in total. The first-order chi connectivity index (χ1) is 14.3. The predicted octanol–water partition coefficient (Wildman–Crippen LogP) is 6.51. The average Bonchev–Trinajstić information content (AvgIpc) is 2.73. The zero-order valence-corrected chi connectivity index (χ0v) is 15.6. The quantitative estimate of drug-likeness (QED) is 0.407. The highest BCUT2D eigenvalue weighted by atomic mass is 19.4. The first-order valence-corrected chi connectivity index (χ1v) is 9.08. The molecule has 4 rings (SSSR count). The van der Waals surface area contributed by atoms with Crippen molar-refractivity contribution in [3.63, 3.8) is 0 Å². The van der Waals surface area contributed by atoms with Gasteiger partial charge in [-0.05, 0) is 59.7 Å². The number of halogens is 3. The number of hydrogen-bond donors (Lipinski definition) is 2. The molecule has 0 fully saturated rings. The SMILES string of the molecule is Oc1cccc(-c2cc(-c3ccc(C(F)(F)F)cc3)cc(-c3cccc(O)c3)n2)c1. The minimum atomic E-state index is -4.41. The zero-order chi connectivity index (χ0) is 21.3. The van der Waals surface area contributed by atoms with Gasteiger partial charge in [0.2, 0.25) is 0 Å². The van der Waals surface area contributed by atoms with E-state index >= 15 is 0 Å². The van der Waals surface area contributed by atoms with Crippen molar-refractivity contribution in [2.45, 2.75) is 6.18 Å². The molecule has 0 radical (unpaired) electrons. The molecular weight excluding hydrogens is 391 g/mol. The van der Waals surface area contributed by atoms with Crippen LogP contribution in [0.15, 0.2) is 84.9 Å². The molecule has 30 heavy (non-hydrogen) atoms. The number of phenolic OH excluding ortho intramolecular Hbond substituents is 2. The maximum Gasteiger partial charge on any atom is 0.416 e. The van der Waals surface area contributed by atoms with Gasteiger partial charge in [0.15, 0.2) is 0 Å². The van der Waals surface area contributed by atoms with E-state index in [4.69, 9.17) is 0 Å². The number of rotatable bonds is 3. The van der Waals surface area contributed by atoms with Crippen LogP contribution in [0.1, 0.15) is 5.56 Å². The molecule has 0 aliphatic carbocycles. The first-order valence-electron chi connectivity index (χ1n) is 9.08. The highest BCUT2D eigenvalue weighted by Gasteiger charge is 2.30. The highest BCUT2D eigenvalue weighted by molar-refractivity contribution is 5.77. The lowest BCUT2D eigenvalue weighted by atomic mass is 9.99. The van der Waals surface area contributed by atoms with E-state index in [0.29, 0.717) is 33.6 Å². The van der Waals surface area contributed by atoms with E-state index in [1.807, 2.05) is 0 Å². The monoisotopic (exact) mass is 407 g/mol. The smallest absolute Gasteiger partial charge is 0.416 e. The molecule has 0 atom stereocenters. The summed E-state index contributed by atoms with van der Waals surface area (Å²) in [5.74, 6) is 0.154. The Morgan fingerprint density at radius 2 is 1.07 bits per heavy atom. The molecule has 2 N–H and O–H groups in total. The summed E-state index contributed by atoms with van der Waals surface area (Å²) in [7, 11) is 0. The number of pyridine rings is 1. The summed E-state index contributed by atoms with van der Waals surface area (Å²) in [6, 6.07) is 21.6. The Kier molecular flexibility index (Phi) is 4.91. The molecule has 3 aromatic carbocycles. The van der Waals surface area contributed by atoms with E-state index in [0.717, 1.165) is 12.1 Å². The topological polar surface area (TPSA) is 53.4 Å². The maximum absolute atomic E-state index is 12.9. The van der Waals surface area contributed by atoms with Crippen molar-refractivity contribution in [2.75, 3.05) is 0 Å². The summed E-state index contributed by atoms with van der Waals surface area (Å²) in [5, 5.41) is 19.6. The lowest BCUT2D eigenvalue weighted by Crippen LogP contribution is -2.04. The van der Waals surface area contributed by atoms with E-state index in [1.54, 1.807) is 60.7 Å². The summed E-state index contributed by atoms with van der Waals surface area (Å²) in [4.78, 5) is 4.64. The Bertz CT molecular complexity index is 1140. The van der Waals surface area contributed by atoms with Crippen molar-refractivity contribution in [3.05, 3.63) is 90.5 Å². The summed E-state index contributed by atoms with van der Waals surface area (Å²) in [6.45, 7) is 0. The standard InChI is InChI=1S/C24H16F3NO2/c25-24(26,27)19-9-7-15(8-10-19)18-13-22(16-3-1-5-20(29)11-16)28-23(14-18)17-4-2-6-21(30)12-17/h1-14,29-30H. The second-order valence-electron chi connectivity index (χ2n) is 6.80. The Labute approximate surface area is 170 Å². The van der Waals surface area contributed by atoms with Crippen LogP contribution in [-0.4, -0.2) is 15.2 Å². The number of aromatic nitrogens is 1. The van der Waals surface area contributed by atoms with Crippen LogP contribution in [0, 0.1) is 0 Å². The van der Waals surface area contributed by atoms with E-state index in [2.05, 4.69) is 4.98 Å². The Morgan fingerprint density at radius 3 is 1.50 bits per heavy atom. The third-order valence-corrected chi connectivity index (χ3v) is 4.65. The molecule has 0 aliphatic heterocycles. The number of phenols is 2. The molecule has 1 aromatic heterocycles. The van der Waals surface area contributed by atoms with Gasteiger partial charge < -0.3 is 10.2 Å². The van der Waals surface area contributed by atoms with Crippen LogP contribution >= 0.6 is 0 Å². The van der Waals surface area contributed by atoms with Crippen molar-refractivity contribution in [2.24, 2.45) is 0 Å². The summed E-state index contributed by atoms with van der Waals surface area (Å²) in [6.07, 6.45) is -4.41. The van der Waals surface area contributed by atoms with Crippen LogP contribution in [0.4, 0.5) is 13.2 Å². The predicted molar refractivity (Wildman–Crippen MR) is 109 cm³/mol. The van der Waals surface area contributed by atoms with Gasteiger partial charge in [0, 0.05) is 11.1 Å². The molecule has 4 aromatic rings. The van der Waals surface area contributed by atoms with E-state index in [1.165, 1.54) is 12.1 Å². The molecule has 0 unspecified atom stereocenters. The van der Waals surface area contributed by atoms with Gasteiger partial charge in [0.25, 0.3) is 0 Å². The minimum absolute atomic E-state index is 0.0770. The minimum Gasteiger partial charge on any atom is -0.508 e. The molecular formula is C24H16F3NO2. The van der Waals surface area contributed by atoms with Crippen LogP contribution in [0.5, 0.6) is 11.5 Å². The van der Waals surface area contributed by atoms with Gasteiger partial charge in [-0.1, -0.05) is 36.4 Å². The van der Waals surface area contributed by atoms with Gasteiger partial charge >= 0.3 is 6.18 Å². The molecule has 0 amide bonds. The summed E-state index contributed by atoms with van der Waals surface area (Å²) in [5.41, 5.74) is 2.93. The van der Waals surface area contributed by atoms with E-state index in [-0.39, 0.29) is 11.5 Å². The van der Waals surface area contributed by atoms with Gasteiger partial charge in [-0.2, -0.15) is 13.2 Å². The van der Waals surface area contributed by atoms with Gasteiger partial charge in [-0.25, -0.2) is 4.98 Å². The second-order valence-corrected chi connectivity index (χ2v) is 6.80. The molecule has 150 valence electrons. The lowest BCUT2D eigenvalue weighted by Gasteiger charge is -2.12. The number of benzene rings is 3. The number of hydrogen-bond acceptors (Lipinski definition) is 3. The van der Waals surface area contributed by atoms with E-state index in [9.17, 15) is 23.4 Å². The van der Waals surface area contributed by atoms with Gasteiger partial charge in [0.1, 0.15) is 11.5 Å². The molecule has 0 saturated carbocycles. The molecule has 1 heterocycles. The van der Waals surface area contributed by atoms with Crippen LogP contribution in [0.25, 0.3) is 33.6 Å². The molecule has 0 bridgehead atoms. The van der Waals surface area contributed by atoms with Crippen molar-refractivity contribution >= 4 is 0 Å². The van der Waals surface area contributed by atoms with Crippen molar-refractivity contribution in [1.29, 1.82) is 0 Å². The van der Waals surface area contributed by atoms with Crippen LogP contribution in [0.2, 0.25) is 0 Å². The zero-order valence-electron chi connectivity index (χ0n) is 15.6. The number of nitrogens with zero attached hydrogens (tertiary/aromatic N) is 1. The van der Waals surface area contributed by atoms with E-state index < -0.39 is 11.7 Å².